The lowest BCUT2D eigenvalue weighted by atomic mass is 10.5. The summed E-state index contributed by atoms with van der Waals surface area (Å²) in [6.07, 6.45) is 7.40. The number of fused-ring (bicyclic) bond motifs is 1. The molecule has 2 heterocycles. The van der Waals surface area contributed by atoms with Gasteiger partial charge in [0.15, 0.2) is 0 Å². The minimum Gasteiger partial charge on any atom is -0.320 e. The first-order chi connectivity index (χ1) is 4.88. The van der Waals surface area contributed by atoms with Gasteiger partial charge in [-0.1, -0.05) is 0 Å². The summed E-state index contributed by atoms with van der Waals surface area (Å²) < 4.78 is 1.98. The Hall–Kier alpha value is -0.960. The van der Waals surface area contributed by atoms with E-state index in [0.29, 0.717) is 0 Å². The van der Waals surface area contributed by atoms with Gasteiger partial charge in [-0.25, -0.2) is 0 Å². The van der Waals surface area contributed by atoms with Crippen LogP contribution in [0.1, 0.15) is 0 Å². The Morgan fingerprint density at radius 3 is 3.10 bits per heavy atom. The highest BCUT2D eigenvalue weighted by Gasteiger charge is 1.94. The molecule has 0 fully saturated rings. The fraction of sp³-hybridized carbons (Fsp3) is 0. The number of hydrogen-bond donors (Lipinski definition) is 1. The number of thiol groups is 1. The fourth-order valence-corrected chi connectivity index (χ4v) is 1.18. The average Bonchev–Trinajstić information content (AvgIpc) is 2.34. The highest BCUT2D eigenvalue weighted by atomic mass is 32.1. The summed E-state index contributed by atoms with van der Waals surface area (Å²) >= 11 is 4.24. The molecule has 0 saturated carbocycles. The predicted molar refractivity (Wildman–Crippen MR) is 42.4 cm³/mol. The molecule has 0 radical (unpaired) electrons. The van der Waals surface area contributed by atoms with Crippen molar-refractivity contribution in [2.24, 2.45) is 0 Å². The third-order valence-corrected chi connectivity index (χ3v) is 1.82. The van der Waals surface area contributed by atoms with Gasteiger partial charge in [0, 0.05) is 23.5 Å². The van der Waals surface area contributed by atoms with Gasteiger partial charge in [-0.15, -0.1) is 12.6 Å². The van der Waals surface area contributed by atoms with Gasteiger partial charge in [0.25, 0.3) is 0 Å². The molecule has 0 aliphatic heterocycles. The molecule has 0 spiro atoms. The zero-order chi connectivity index (χ0) is 6.97. The van der Waals surface area contributed by atoms with Crippen molar-refractivity contribution in [3.8, 4) is 0 Å². The van der Waals surface area contributed by atoms with Gasteiger partial charge in [-0.05, 0) is 6.07 Å². The van der Waals surface area contributed by atoms with E-state index in [2.05, 4.69) is 17.6 Å². The van der Waals surface area contributed by atoms with E-state index in [1.54, 1.807) is 12.4 Å². The molecule has 0 bridgehead atoms. The Labute approximate surface area is 63.9 Å². The maximum absolute atomic E-state index is 4.24. The number of hydrogen-bond acceptors (Lipinski definition) is 2. The molecule has 2 nitrogen and oxygen atoms in total. The van der Waals surface area contributed by atoms with Crippen LogP contribution in [0.3, 0.4) is 0 Å². The lowest BCUT2D eigenvalue weighted by molar-refractivity contribution is 1.13. The maximum Gasteiger partial charge on any atom is 0.0769 e. The number of aromatic nitrogens is 2. The van der Waals surface area contributed by atoms with Crippen LogP contribution in [-0.4, -0.2) is 9.38 Å². The minimum atomic E-state index is 0.966. The van der Waals surface area contributed by atoms with Gasteiger partial charge in [0.2, 0.25) is 0 Å². The van der Waals surface area contributed by atoms with E-state index in [4.69, 9.17) is 0 Å². The van der Waals surface area contributed by atoms with E-state index in [9.17, 15) is 0 Å². The molecule has 0 aliphatic rings. The average molecular weight is 150 g/mol. The van der Waals surface area contributed by atoms with E-state index < -0.39 is 0 Å². The monoisotopic (exact) mass is 150 g/mol. The van der Waals surface area contributed by atoms with Gasteiger partial charge in [-0.2, -0.15) is 0 Å². The molecule has 2 rings (SSSR count). The Morgan fingerprint density at radius 2 is 2.30 bits per heavy atom. The van der Waals surface area contributed by atoms with Crippen molar-refractivity contribution >= 4 is 18.1 Å². The highest BCUT2D eigenvalue weighted by molar-refractivity contribution is 7.80. The van der Waals surface area contributed by atoms with Crippen LogP contribution < -0.4 is 0 Å². The Morgan fingerprint density at radius 1 is 1.40 bits per heavy atom. The van der Waals surface area contributed by atoms with Crippen molar-refractivity contribution in [1.82, 2.24) is 9.38 Å². The molecule has 0 aliphatic carbocycles. The topological polar surface area (TPSA) is 17.3 Å². The van der Waals surface area contributed by atoms with Crippen molar-refractivity contribution < 1.29 is 0 Å². The second kappa shape index (κ2) is 2.02. The molecule has 2 aromatic heterocycles. The third kappa shape index (κ3) is 0.708. The number of rotatable bonds is 0. The normalized spacial score (nSPS) is 10.5. The first-order valence-corrected chi connectivity index (χ1v) is 3.42. The van der Waals surface area contributed by atoms with Crippen LogP contribution in [0.15, 0.2) is 35.7 Å². The molecule has 0 N–H and O–H groups in total. The molecule has 0 atom stereocenters. The van der Waals surface area contributed by atoms with Crippen LogP contribution >= 0.6 is 12.6 Å². The molecule has 0 aromatic carbocycles. The van der Waals surface area contributed by atoms with Crippen LogP contribution in [-0.2, 0) is 0 Å². The van der Waals surface area contributed by atoms with Crippen LogP contribution in [0.4, 0.5) is 0 Å². The largest absolute Gasteiger partial charge is 0.320 e. The van der Waals surface area contributed by atoms with Crippen molar-refractivity contribution in [2.45, 2.75) is 4.90 Å². The first kappa shape index (κ1) is 5.80. The van der Waals surface area contributed by atoms with Crippen LogP contribution in [0.25, 0.3) is 5.52 Å². The second-order valence-corrected chi connectivity index (χ2v) is 2.55. The molecule has 2 aromatic rings. The minimum absolute atomic E-state index is 0.966. The van der Waals surface area contributed by atoms with Crippen LogP contribution in [0, 0.1) is 0 Å². The molecule has 10 heavy (non-hydrogen) atoms. The lowest BCUT2D eigenvalue weighted by Gasteiger charge is -1.90. The molecule has 3 heteroatoms. The van der Waals surface area contributed by atoms with Gasteiger partial charge in [0.1, 0.15) is 0 Å². The predicted octanol–water partition coefficient (Wildman–Crippen LogP) is 1.62. The quantitative estimate of drug-likeness (QED) is 0.565. The van der Waals surface area contributed by atoms with E-state index in [1.165, 1.54) is 0 Å². The van der Waals surface area contributed by atoms with Gasteiger partial charge in [0.05, 0.1) is 11.7 Å². The van der Waals surface area contributed by atoms with E-state index in [-0.39, 0.29) is 0 Å². The zero-order valence-electron chi connectivity index (χ0n) is 5.23. The summed E-state index contributed by atoms with van der Waals surface area (Å²) in [7, 11) is 0. The lowest BCUT2D eigenvalue weighted by Crippen LogP contribution is -1.80. The van der Waals surface area contributed by atoms with E-state index in [1.807, 2.05) is 22.9 Å². The first-order valence-electron chi connectivity index (χ1n) is 2.97. The van der Waals surface area contributed by atoms with Gasteiger partial charge >= 0.3 is 0 Å². The van der Waals surface area contributed by atoms with Crippen molar-refractivity contribution in [1.29, 1.82) is 0 Å². The van der Waals surface area contributed by atoms with E-state index in [0.717, 1.165) is 10.4 Å². The fourth-order valence-electron chi connectivity index (χ4n) is 0.936. The molecule has 0 amide bonds. The Balaban J connectivity index is 2.93. The van der Waals surface area contributed by atoms with Crippen molar-refractivity contribution in [3.63, 3.8) is 0 Å². The summed E-state index contributed by atoms with van der Waals surface area (Å²) in [5.41, 5.74) is 1.05. The molecular weight excluding hydrogens is 144 g/mol. The van der Waals surface area contributed by atoms with Gasteiger partial charge < -0.3 is 4.40 Å². The molecular formula is C7H6N2S. The smallest absolute Gasteiger partial charge is 0.0769 e. The van der Waals surface area contributed by atoms with Crippen LogP contribution in [0.2, 0.25) is 0 Å². The number of nitrogens with zero attached hydrogens (tertiary/aromatic N) is 2. The third-order valence-electron chi connectivity index (χ3n) is 1.44. The Kier molecular flexibility index (Phi) is 1.17. The zero-order valence-corrected chi connectivity index (χ0v) is 6.12. The molecule has 0 unspecified atom stereocenters. The standard InChI is InChI=1S/C7H6N2S/c10-7-1-3-9-4-2-8-5-6(7)9/h1-5,10H. The second-order valence-electron chi connectivity index (χ2n) is 2.07. The SMILES string of the molecule is Sc1ccn2ccncc12. The van der Waals surface area contributed by atoms with Gasteiger partial charge in [-0.3, -0.25) is 4.98 Å². The van der Waals surface area contributed by atoms with Crippen LogP contribution in [0.5, 0.6) is 0 Å². The summed E-state index contributed by atoms with van der Waals surface area (Å²) in [5.74, 6) is 0. The Bertz CT molecular complexity index is 353. The summed E-state index contributed by atoms with van der Waals surface area (Å²) in [5, 5.41) is 0. The highest BCUT2D eigenvalue weighted by Crippen LogP contribution is 2.13. The van der Waals surface area contributed by atoms with Crippen molar-refractivity contribution in [3.05, 3.63) is 30.9 Å². The molecule has 0 saturated heterocycles. The molecule has 50 valence electrons. The van der Waals surface area contributed by atoms with E-state index >= 15 is 0 Å². The summed E-state index contributed by atoms with van der Waals surface area (Å²) in [4.78, 5) is 4.94. The maximum atomic E-state index is 4.24. The summed E-state index contributed by atoms with van der Waals surface area (Å²) in [6, 6.07) is 1.94. The van der Waals surface area contributed by atoms with Crippen molar-refractivity contribution in [2.75, 3.05) is 0 Å². The summed E-state index contributed by atoms with van der Waals surface area (Å²) in [6.45, 7) is 0.